The summed E-state index contributed by atoms with van der Waals surface area (Å²) in [5, 5.41) is 6.51. The minimum Gasteiger partial charge on any atom is -0.481 e. The number of carbonyl (C=O) groups is 1. The number of amides is 1. The predicted octanol–water partition coefficient (Wildman–Crippen LogP) is 3.44. The molecule has 2 N–H and O–H groups in total. The molecule has 0 saturated heterocycles. The molecule has 0 saturated carbocycles. The van der Waals surface area contributed by atoms with Gasteiger partial charge in [0.05, 0.1) is 36.8 Å². The molecule has 1 amide bonds. The number of methoxy groups -OCH3 is 1. The van der Waals surface area contributed by atoms with E-state index in [1.165, 1.54) is 0 Å². The van der Waals surface area contributed by atoms with Gasteiger partial charge in [0.2, 0.25) is 17.7 Å². The first-order chi connectivity index (χ1) is 12.6. The summed E-state index contributed by atoms with van der Waals surface area (Å²) in [5.41, 5.74) is 3.60. The summed E-state index contributed by atoms with van der Waals surface area (Å²) in [4.78, 5) is 25.2. The largest absolute Gasteiger partial charge is 0.481 e. The standard InChI is InChI=1S/C18H14ClN5O2/c1-26-16-5-3-12(9-20-16)22-18-21-8-10-6-15(25)23-14-7-11(19)2-4-13(14)17(10)24-18/h2-5,7-9H,6H2,1H3,(H,23,25)(H,21,22,24). The number of anilines is 3. The second kappa shape index (κ2) is 6.61. The van der Waals surface area contributed by atoms with Gasteiger partial charge in [0.15, 0.2) is 0 Å². The summed E-state index contributed by atoms with van der Waals surface area (Å²) in [6.45, 7) is 0. The summed E-state index contributed by atoms with van der Waals surface area (Å²) < 4.78 is 5.05. The molecule has 2 aromatic heterocycles. The van der Waals surface area contributed by atoms with E-state index in [0.717, 1.165) is 16.8 Å². The monoisotopic (exact) mass is 367 g/mol. The van der Waals surface area contributed by atoms with Crippen molar-refractivity contribution in [3.8, 4) is 17.1 Å². The number of nitrogens with one attached hydrogen (secondary N) is 2. The molecular formula is C18H14ClN5O2. The maximum absolute atomic E-state index is 12.1. The van der Waals surface area contributed by atoms with Crippen molar-refractivity contribution in [2.75, 3.05) is 17.7 Å². The molecule has 130 valence electrons. The fourth-order valence-corrected chi connectivity index (χ4v) is 2.90. The molecule has 0 fully saturated rings. The van der Waals surface area contributed by atoms with Crippen LogP contribution in [0.3, 0.4) is 0 Å². The summed E-state index contributed by atoms with van der Waals surface area (Å²) in [5.74, 6) is 0.802. The zero-order valence-electron chi connectivity index (χ0n) is 13.8. The molecule has 26 heavy (non-hydrogen) atoms. The van der Waals surface area contributed by atoms with Crippen LogP contribution < -0.4 is 15.4 Å². The molecule has 0 aliphatic carbocycles. The van der Waals surface area contributed by atoms with Gasteiger partial charge in [-0.1, -0.05) is 11.6 Å². The first-order valence-electron chi connectivity index (χ1n) is 7.85. The molecular weight excluding hydrogens is 354 g/mol. The van der Waals surface area contributed by atoms with Crippen molar-refractivity contribution in [2.45, 2.75) is 6.42 Å². The van der Waals surface area contributed by atoms with E-state index in [1.54, 1.807) is 37.7 Å². The zero-order chi connectivity index (χ0) is 18.1. The molecule has 3 aromatic rings. The summed E-state index contributed by atoms with van der Waals surface area (Å²) in [7, 11) is 1.56. The number of nitrogens with zero attached hydrogens (tertiary/aromatic N) is 3. The molecule has 0 bridgehead atoms. The maximum Gasteiger partial charge on any atom is 0.228 e. The Morgan fingerprint density at radius 1 is 1.19 bits per heavy atom. The van der Waals surface area contributed by atoms with Crippen molar-refractivity contribution in [1.82, 2.24) is 15.0 Å². The van der Waals surface area contributed by atoms with Gasteiger partial charge in [-0.05, 0) is 24.3 Å². The Morgan fingerprint density at radius 2 is 2.08 bits per heavy atom. The minimum absolute atomic E-state index is 0.129. The van der Waals surface area contributed by atoms with Gasteiger partial charge in [0.25, 0.3) is 0 Å². The van der Waals surface area contributed by atoms with Crippen molar-refractivity contribution in [1.29, 1.82) is 0 Å². The third-order valence-corrected chi connectivity index (χ3v) is 4.16. The van der Waals surface area contributed by atoms with Crippen LogP contribution in [0.5, 0.6) is 5.88 Å². The third kappa shape index (κ3) is 3.16. The van der Waals surface area contributed by atoms with Gasteiger partial charge in [0, 0.05) is 28.4 Å². The van der Waals surface area contributed by atoms with Crippen LogP contribution in [0.15, 0.2) is 42.7 Å². The Bertz CT molecular complexity index is 991. The maximum atomic E-state index is 12.1. The Kier molecular flexibility index (Phi) is 4.14. The number of halogens is 1. The Morgan fingerprint density at radius 3 is 2.85 bits per heavy atom. The van der Waals surface area contributed by atoms with E-state index >= 15 is 0 Å². The molecule has 8 heteroatoms. The first-order valence-corrected chi connectivity index (χ1v) is 8.23. The van der Waals surface area contributed by atoms with Crippen LogP contribution in [0.1, 0.15) is 5.56 Å². The van der Waals surface area contributed by atoms with E-state index in [9.17, 15) is 4.79 Å². The van der Waals surface area contributed by atoms with Crippen molar-refractivity contribution >= 4 is 34.8 Å². The van der Waals surface area contributed by atoms with Crippen LogP contribution >= 0.6 is 11.6 Å². The Balaban J connectivity index is 1.73. The second-order valence-electron chi connectivity index (χ2n) is 5.70. The number of hydrogen-bond donors (Lipinski definition) is 2. The van der Waals surface area contributed by atoms with Gasteiger partial charge >= 0.3 is 0 Å². The number of hydrogen-bond acceptors (Lipinski definition) is 6. The van der Waals surface area contributed by atoms with E-state index in [0.29, 0.717) is 28.2 Å². The fraction of sp³-hybridized carbons (Fsp3) is 0.111. The van der Waals surface area contributed by atoms with Gasteiger partial charge in [-0.2, -0.15) is 0 Å². The van der Waals surface area contributed by atoms with Crippen LogP contribution in [0.2, 0.25) is 5.02 Å². The topological polar surface area (TPSA) is 89.0 Å². The molecule has 1 aliphatic rings. The summed E-state index contributed by atoms with van der Waals surface area (Å²) in [6.07, 6.45) is 3.49. The highest BCUT2D eigenvalue weighted by atomic mass is 35.5. The highest BCUT2D eigenvalue weighted by Crippen LogP contribution is 2.34. The average molecular weight is 368 g/mol. The van der Waals surface area contributed by atoms with Crippen LogP contribution in [0, 0.1) is 0 Å². The molecule has 0 unspecified atom stereocenters. The van der Waals surface area contributed by atoms with Crippen LogP contribution in [0.4, 0.5) is 17.3 Å². The summed E-state index contributed by atoms with van der Waals surface area (Å²) >= 11 is 6.05. The van der Waals surface area contributed by atoms with Gasteiger partial charge in [0.1, 0.15) is 0 Å². The number of ether oxygens (including phenoxy) is 1. The molecule has 7 nitrogen and oxygen atoms in total. The average Bonchev–Trinajstić information content (AvgIpc) is 2.77. The van der Waals surface area contributed by atoms with Crippen molar-refractivity contribution in [2.24, 2.45) is 0 Å². The molecule has 4 rings (SSSR count). The van der Waals surface area contributed by atoms with E-state index in [1.807, 2.05) is 12.1 Å². The van der Waals surface area contributed by atoms with Crippen LogP contribution in [-0.4, -0.2) is 28.0 Å². The highest BCUT2D eigenvalue weighted by molar-refractivity contribution is 6.31. The van der Waals surface area contributed by atoms with E-state index in [-0.39, 0.29) is 12.3 Å². The quantitative estimate of drug-likeness (QED) is 0.737. The van der Waals surface area contributed by atoms with Crippen LogP contribution in [0.25, 0.3) is 11.3 Å². The van der Waals surface area contributed by atoms with Gasteiger partial charge in [-0.15, -0.1) is 0 Å². The number of carbonyl (C=O) groups excluding carboxylic acids is 1. The number of rotatable bonds is 3. The van der Waals surface area contributed by atoms with E-state index < -0.39 is 0 Å². The lowest BCUT2D eigenvalue weighted by molar-refractivity contribution is -0.115. The highest BCUT2D eigenvalue weighted by Gasteiger charge is 2.21. The fourth-order valence-electron chi connectivity index (χ4n) is 2.73. The number of benzene rings is 1. The number of aromatic nitrogens is 3. The lowest BCUT2D eigenvalue weighted by Gasteiger charge is -2.11. The Hall–Kier alpha value is -3.19. The summed E-state index contributed by atoms with van der Waals surface area (Å²) in [6, 6.07) is 8.88. The van der Waals surface area contributed by atoms with Gasteiger partial charge in [-0.3, -0.25) is 4.79 Å². The molecule has 0 radical (unpaired) electrons. The lowest BCUT2D eigenvalue weighted by Crippen LogP contribution is -2.12. The molecule has 0 atom stereocenters. The second-order valence-corrected chi connectivity index (χ2v) is 6.13. The number of pyridine rings is 1. The zero-order valence-corrected chi connectivity index (χ0v) is 14.5. The predicted molar refractivity (Wildman–Crippen MR) is 98.9 cm³/mol. The van der Waals surface area contributed by atoms with Gasteiger partial charge in [-0.25, -0.2) is 15.0 Å². The number of fused-ring (bicyclic) bond motifs is 3. The van der Waals surface area contributed by atoms with E-state index in [2.05, 4.69) is 25.6 Å². The normalized spacial score (nSPS) is 12.5. The minimum atomic E-state index is -0.129. The van der Waals surface area contributed by atoms with Crippen molar-refractivity contribution < 1.29 is 9.53 Å². The van der Waals surface area contributed by atoms with E-state index in [4.69, 9.17) is 16.3 Å². The van der Waals surface area contributed by atoms with Crippen molar-refractivity contribution in [3.63, 3.8) is 0 Å². The lowest BCUT2D eigenvalue weighted by atomic mass is 10.1. The molecule has 0 spiro atoms. The molecule has 1 aromatic carbocycles. The Labute approximate surface area is 154 Å². The smallest absolute Gasteiger partial charge is 0.228 e. The SMILES string of the molecule is COc1ccc(Nc2ncc3c(n2)-c2ccc(Cl)cc2NC(=O)C3)cn1. The van der Waals surface area contributed by atoms with Gasteiger partial charge < -0.3 is 15.4 Å². The molecule has 1 aliphatic heterocycles. The first kappa shape index (κ1) is 16.3. The van der Waals surface area contributed by atoms with Crippen molar-refractivity contribution in [3.05, 3.63) is 53.3 Å². The third-order valence-electron chi connectivity index (χ3n) is 3.93. The molecule has 3 heterocycles. The van der Waals surface area contributed by atoms with Crippen LogP contribution in [-0.2, 0) is 11.2 Å².